The van der Waals surface area contributed by atoms with Gasteiger partial charge in [0.05, 0.1) is 31.9 Å². The Balaban J connectivity index is 2.46. The Morgan fingerprint density at radius 1 is 1.20 bits per heavy atom. The first-order valence-corrected chi connectivity index (χ1v) is 8.82. The molecule has 0 fully saturated rings. The maximum absolute atomic E-state index is 13.3. The number of alkyl halides is 3. The SMILES string of the molecule is COc1ccc2c(=O)n(CC(O)CO)c(C#N)c(-c3cccc(C(F)(F)F)c3)c2c1. The number of benzene rings is 2. The summed E-state index contributed by atoms with van der Waals surface area (Å²) in [6, 6.07) is 10.7. The zero-order chi connectivity index (χ0) is 22.1. The summed E-state index contributed by atoms with van der Waals surface area (Å²) in [5.41, 5.74) is -1.58. The van der Waals surface area contributed by atoms with Crippen molar-refractivity contribution in [2.45, 2.75) is 18.8 Å². The minimum Gasteiger partial charge on any atom is -0.497 e. The molecular formula is C21H17F3N2O4. The molecule has 2 aromatic carbocycles. The molecule has 3 aromatic rings. The Labute approximate surface area is 169 Å². The van der Waals surface area contributed by atoms with Crippen molar-refractivity contribution in [2.75, 3.05) is 13.7 Å². The third-order valence-electron chi connectivity index (χ3n) is 4.67. The molecule has 0 aliphatic heterocycles. The van der Waals surface area contributed by atoms with Crippen LogP contribution in [0, 0.1) is 11.3 Å². The van der Waals surface area contributed by atoms with E-state index in [2.05, 4.69) is 0 Å². The van der Waals surface area contributed by atoms with Gasteiger partial charge >= 0.3 is 6.18 Å². The molecule has 0 spiro atoms. The number of hydrogen-bond donors (Lipinski definition) is 2. The number of rotatable bonds is 5. The number of ether oxygens (including phenoxy) is 1. The molecule has 1 atom stereocenters. The van der Waals surface area contributed by atoms with Gasteiger partial charge in [-0.2, -0.15) is 18.4 Å². The third-order valence-corrected chi connectivity index (χ3v) is 4.67. The number of hydrogen-bond acceptors (Lipinski definition) is 5. The highest BCUT2D eigenvalue weighted by atomic mass is 19.4. The first-order chi connectivity index (χ1) is 14.2. The smallest absolute Gasteiger partial charge is 0.416 e. The fourth-order valence-corrected chi connectivity index (χ4v) is 3.26. The molecule has 0 saturated carbocycles. The molecule has 1 heterocycles. The van der Waals surface area contributed by atoms with Gasteiger partial charge in [0.2, 0.25) is 0 Å². The average molecular weight is 418 g/mol. The zero-order valence-corrected chi connectivity index (χ0v) is 15.8. The summed E-state index contributed by atoms with van der Waals surface area (Å²) in [5, 5.41) is 29.1. The first kappa shape index (κ1) is 21.4. The third kappa shape index (κ3) is 3.87. The lowest BCUT2D eigenvalue weighted by molar-refractivity contribution is -0.137. The van der Waals surface area contributed by atoms with E-state index in [-0.39, 0.29) is 27.6 Å². The molecule has 2 N–H and O–H groups in total. The summed E-state index contributed by atoms with van der Waals surface area (Å²) in [6.07, 6.45) is -5.93. The molecule has 0 radical (unpaired) electrons. The highest BCUT2D eigenvalue weighted by Crippen LogP contribution is 2.36. The highest BCUT2D eigenvalue weighted by Gasteiger charge is 2.31. The van der Waals surface area contributed by atoms with Gasteiger partial charge in [-0.3, -0.25) is 9.36 Å². The molecule has 3 rings (SSSR count). The van der Waals surface area contributed by atoms with Crippen molar-refractivity contribution in [1.29, 1.82) is 5.26 Å². The van der Waals surface area contributed by atoms with Crippen LogP contribution in [0.2, 0.25) is 0 Å². The molecule has 1 unspecified atom stereocenters. The van der Waals surface area contributed by atoms with Crippen LogP contribution >= 0.6 is 0 Å². The summed E-state index contributed by atoms with van der Waals surface area (Å²) in [7, 11) is 1.40. The zero-order valence-electron chi connectivity index (χ0n) is 15.8. The summed E-state index contributed by atoms with van der Waals surface area (Å²) in [6.45, 7) is -1.05. The van der Waals surface area contributed by atoms with Crippen LogP contribution in [-0.2, 0) is 12.7 Å². The Bertz CT molecular complexity index is 1200. The summed E-state index contributed by atoms with van der Waals surface area (Å²) in [4.78, 5) is 13.0. The fraction of sp³-hybridized carbons (Fsp3) is 0.238. The Kier molecular flexibility index (Phi) is 5.82. The van der Waals surface area contributed by atoms with Crippen LogP contribution in [0.4, 0.5) is 13.2 Å². The van der Waals surface area contributed by atoms with Crippen LogP contribution in [0.1, 0.15) is 11.3 Å². The fourth-order valence-electron chi connectivity index (χ4n) is 3.26. The summed E-state index contributed by atoms with van der Waals surface area (Å²) < 4.78 is 45.9. The second-order valence-electron chi connectivity index (χ2n) is 6.58. The molecule has 9 heteroatoms. The molecule has 0 aliphatic rings. The number of fused-ring (bicyclic) bond motifs is 1. The van der Waals surface area contributed by atoms with Crippen molar-refractivity contribution in [2.24, 2.45) is 0 Å². The summed E-state index contributed by atoms with van der Waals surface area (Å²) in [5.74, 6) is 0.354. The van der Waals surface area contributed by atoms with Gasteiger partial charge < -0.3 is 14.9 Å². The monoisotopic (exact) mass is 418 g/mol. The van der Waals surface area contributed by atoms with Gasteiger partial charge in [-0.25, -0.2) is 0 Å². The van der Waals surface area contributed by atoms with Crippen LogP contribution in [-0.4, -0.2) is 34.6 Å². The lowest BCUT2D eigenvalue weighted by atomic mass is 9.95. The highest BCUT2D eigenvalue weighted by molar-refractivity contribution is 5.99. The number of halogens is 3. The van der Waals surface area contributed by atoms with Gasteiger partial charge in [0.1, 0.15) is 17.5 Å². The number of aliphatic hydroxyl groups is 2. The predicted octanol–water partition coefficient (Wildman–Crippen LogP) is 2.92. The Hall–Kier alpha value is -3.35. The van der Waals surface area contributed by atoms with Crippen molar-refractivity contribution < 1.29 is 28.1 Å². The minimum absolute atomic E-state index is 0.0758. The molecule has 1 aromatic heterocycles. The molecule has 30 heavy (non-hydrogen) atoms. The molecular weight excluding hydrogens is 401 g/mol. The first-order valence-electron chi connectivity index (χ1n) is 8.82. The number of nitriles is 1. The van der Waals surface area contributed by atoms with Gasteiger partial charge in [-0.05, 0) is 35.9 Å². The van der Waals surface area contributed by atoms with Crippen molar-refractivity contribution in [1.82, 2.24) is 4.57 Å². The molecule has 6 nitrogen and oxygen atoms in total. The minimum atomic E-state index is -4.60. The van der Waals surface area contributed by atoms with Crippen molar-refractivity contribution >= 4 is 10.8 Å². The second-order valence-corrected chi connectivity index (χ2v) is 6.58. The number of aliphatic hydroxyl groups excluding tert-OH is 2. The molecule has 156 valence electrons. The largest absolute Gasteiger partial charge is 0.497 e. The van der Waals surface area contributed by atoms with E-state index in [0.717, 1.165) is 16.7 Å². The van der Waals surface area contributed by atoms with Crippen molar-refractivity contribution in [3.8, 4) is 22.9 Å². The van der Waals surface area contributed by atoms with E-state index in [4.69, 9.17) is 9.84 Å². The van der Waals surface area contributed by atoms with E-state index in [1.54, 1.807) is 0 Å². The van der Waals surface area contributed by atoms with E-state index in [1.807, 2.05) is 6.07 Å². The Morgan fingerprint density at radius 3 is 2.53 bits per heavy atom. The van der Waals surface area contributed by atoms with Gasteiger partial charge in [-0.15, -0.1) is 0 Å². The number of methoxy groups -OCH3 is 1. The van der Waals surface area contributed by atoms with Gasteiger partial charge in [0.15, 0.2) is 0 Å². The standard InChI is InChI=1S/C21H17F3N2O4/c1-30-15-5-6-16-17(8-15)19(12-3-2-4-13(7-12)21(22,23)24)18(9-25)26(20(16)29)10-14(28)11-27/h2-8,14,27-28H,10-11H2,1H3. The maximum atomic E-state index is 13.3. The van der Waals surface area contributed by atoms with E-state index >= 15 is 0 Å². The molecule has 0 saturated heterocycles. The van der Waals surface area contributed by atoms with E-state index in [1.165, 1.54) is 37.4 Å². The van der Waals surface area contributed by atoms with Gasteiger partial charge in [-0.1, -0.05) is 12.1 Å². The molecule has 0 amide bonds. The quantitative estimate of drug-likeness (QED) is 0.664. The van der Waals surface area contributed by atoms with Gasteiger partial charge in [0, 0.05) is 16.3 Å². The second kappa shape index (κ2) is 8.18. The van der Waals surface area contributed by atoms with E-state index in [0.29, 0.717) is 5.75 Å². The predicted molar refractivity (Wildman–Crippen MR) is 103 cm³/mol. The maximum Gasteiger partial charge on any atom is 0.416 e. The Morgan fingerprint density at radius 2 is 1.93 bits per heavy atom. The lowest BCUT2D eigenvalue weighted by Gasteiger charge is -2.18. The lowest BCUT2D eigenvalue weighted by Crippen LogP contribution is -2.31. The van der Waals surface area contributed by atoms with E-state index < -0.39 is 36.6 Å². The normalized spacial score (nSPS) is 12.6. The van der Waals surface area contributed by atoms with Crippen LogP contribution in [0.15, 0.2) is 47.3 Å². The van der Waals surface area contributed by atoms with Gasteiger partial charge in [0.25, 0.3) is 5.56 Å². The number of aromatic nitrogens is 1. The van der Waals surface area contributed by atoms with Crippen LogP contribution in [0.25, 0.3) is 21.9 Å². The van der Waals surface area contributed by atoms with Crippen LogP contribution in [0.5, 0.6) is 5.75 Å². The molecule has 0 aliphatic carbocycles. The van der Waals surface area contributed by atoms with Crippen LogP contribution in [0.3, 0.4) is 0 Å². The summed E-state index contributed by atoms with van der Waals surface area (Å²) >= 11 is 0. The molecule has 0 bridgehead atoms. The van der Waals surface area contributed by atoms with Crippen molar-refractivity contribution in [3.63, 3.8) is 0 Å². The number of nitrogens with zero attached hydrogens (tertiary/aromatic N) is 2. The number of pyridine rings is 1. The van der Waals surface area contributed by atoms with E-state index in [9.17, 15) is 28.3 Å². The van der Waals surface area contributed by atoms with Crippen molar-refractivity contribution in [3.05, 3.63) is 64.1 Å². The average Bonchev–Trinajstić information content (AvgIpc) is 2.74. The topological polar surface area (TPSA) is 95.5 Å². The van der Waals surface area contributed by atoms with Crippen LogP contribution < -0.4 is 10.3 Å².